The van der Waals surface area contributed by atoms with Crippen molar-refractivity contribution < 1.29 is 24.3 Å². The zero-order valence-corrected chi connectivity index (χ0v) is 26.0. The van der Waals surface area contributed by atoms with Crippen LogP contribution in [-0.2, 0) is 9.59 Å². The van der Waals surface area contributed by atoms with E-state index in [0.29, 0.717) is 21.7 Å². The van der Waals surface area contributed by atoms with Gasteiger partial charge in [-0.05, 0) is 73.2 Å². The van der Waals surface area contributed by atoms with Crippen LogP contribution in [0, 0.1) is 0 Å². The normalized spacial score (nSPS) is 11.8. The van der Waals surface area contributed by atoms with Gasteiger partial charge in [0.15, 0.2) is 0 Å². The molecule has 0 aromatic heterocycles. The Hall–Kier alpha value is -4.28. The predicted octanol–water partition coefficient (Wildman–Crippen LogP) is 7.87. The van der Waals surface area contributed by atoms with Crippen molar-refractivity contribution >= 4 is 87.7 Å². The molecular formula is C32H24Cl3N3O5S. The Morgan fingerprint density at radius 2 is 1.52 bits per heavy atom. The molecule has 4 aromatic rings. The van der Waals surface area contributed by atoms with Crippen LogP contribution in [0.15, 0.2) is 102 Å². The fraction of sp³-hybridized carbons (Fsp3) is 0.0625. The van der Waals surface area contributed by atoms with Crippen molar-refractivity contribution in [1.82, 2.24) is 5.32 Å². The minimum Gasteiger partial charge on any atom is -0.478 e. The van der Waals surface area contributed by atoms with Crippen molar-refractivity contribution in [3.05, 3.63) is 128 Å². The minimum atomic E-state index is -1.15. The molecular weight excluding hydrogens is 645 g/mol. The molecule has 0 bridgehead atoms. The molecule has 0 aliphatic heterocycles. The Labute approximate surface area is 272 Å². The number of carboxylic acid groups (broad SMARTS) is 1. The number of rotatable bonds is 10. The molecule has 4 rings (SSSR count). The van der Waals surface area contributed by atoms with Gasteiger partial charge in [-0.15, -0.1) is 11.8 Å². The standard InChI is InChI=1S/C32H24Cl3N3O5S/c1-18(29(39)37-26-16-21(32(42)43)13-14-24(26)33)44-23-11-6-10-22(17-23)36-31(41)27(15-20-9-5-12-25(34)28(20)35)38-30(40)19-7-3-2-4-8-19/h2-18H,1H3,(H,36,41)(H,37,39)(H,38,40)(H,42,43)/b27-15+. The number of carbonyl (C=O) groups excluding carboxylic acids is 3. The van der Waals surface area contributed by atoms with Crippen molar-refractivity contribution in [2.45, 2.75) is 17.1 Å². The molecule has 0 aliphatic rings. The summed E-state index contributed by atoms with van der Waals surface area (Å²) in [5.74, 6) is -2.66. The van der Waals surface area contributed by atoms with Gasteiger partial charge in [0.25, 0.3) is 11.8 Å². The molecule has 224 valence electrons. The maximum absolute atomic E-state index is 13.4. The summed E-state index contributed by atoms with van der Waals surface area (Å²) in [4.78, 5) is 51.2. The lowest BCUT2D eigenvalue weighted by Gasteiger charge is -2.15. The summed E-state index contributed by atoms with van der Waals surface area (Å²) in [6, 6.07) is 24.2. The number of benzene rings is 4. The summed E-state index contributed by atoms with van der Waals surface area (Å²) in [5.41, 5.74) is 1.28. The predicted molar refractivity (Wildman–Crippen MR) is 176 cm³/mol. The molecule has 0 spiro atoms. The Morgan fingerprint density at radius 1 is 0.795 bits per heavy atom. The topological polar surface area (TPSA) is 125 Å². The summed E-state index contributed by atoms with van der Waals surface area (Å²) < 4.78 is 0. The smallest absolute Gasteiger partial charge is 0.335 e. The van der Waals surface area contributed by atoms with Crippen molar-refractivity contribution in [1.29, 1.82) is 0 Å². The molecule has 44 heavy (non-hydrogen) atoms. The van der Waals surface area contributed by atoms with E-state index in [1.54, 1.807) is 79.7 Å². The van der Waals surface area contributed by atoms with Gasteiger partial charge in [0, 0.05) is 16.1 Å². The Balaban J connectivity index is 1.50. The van der Waals surface area contributed by atoms with E-state index in [4.69, 9.17) is 34.8 Å². The minimum absolute atomic E-state index is 0.0144. The summed E-state index contributed by atoms with van der Waals surface area (Å²) in [5, 5.41) is 17.4. The van der Waals surface area contributed by atoms with Crippen molar-refractivity contribution in [3.63, 3.8) is 0 Å². The fourth-order valence-corrected chi connectivity index (χ4v) is 5.28. The van der Waals surface area contributed by atoms with Crippen LogP contribution < -0.4 is 16.0 Å². The van der Waals surface area contributed by atoms with E-state index in [0.717, 1.165) is 0 Å². The number of aromatic carboxylic acids is 1. The van der Waals surface area contributed by atoms with Crippen LogP contribution in [0.25, 0.3) is 6.08 Å². The molecule has 1 unspecified atom stereocenters. The van der Waals surface area contributed by atoms with Crippen LogP contribution in [-0.4, -0.2) is 34.0 Å². The number of thioether (sulfide) groups is 1. The second-order valence-electron chi connectivity index (χ2n) is 9.25. The molecule has 0 heterocycles. The van der Waals surface area contributed by atoms with Gasteiger partial charge in [-0.1, -0.05) is 71.2 Å². The summed E-state index contributed by atoms with van der Waals surface area (Å²) in [7, 11) is 0. The third-order valence-electron chi connectivity index (χ3n) is 6.06. The molecule has 4 aromatic carbocycles. The average Bonchev–Trinajstić information content (AvgIpc) is 3.00. The van der Waals surface area contributed by atoms with Gasteiger partial charge in [-0.25, -0.2) is 4.79 Å². The van der Waals surface area contributed by atoms with Crippen molar-refractivity contribution in [2.75, 3.05) is 10.6 Å². The first kappa shape index (κ1) is 32.6. The highest BCUT2D eigenvalue weighted by Gasteiger charge is 2.19. The highest BCUT2D eigenvalue weighted by molar-refractivity contribution is 8.00. The lowest BCUT2D eigenvalue weighted by atomic mass is 10.1. The van der Waals surface area contributed by atoms with Crippen LogP contribution in [0.4, 0.5) is 11.4 Å². The largest absolute Gasteiger partial charge is 0.478 e. The van der Waals surface area contributed by atoms with Crippen LogP contribution in [0.2, 0.25) is 15.1 Å². The molecule has 0 aliphatic carbocycles. The van der Waals surface area contributed by atoms with Gasteiger partial charge in [0.1, 0.15) is 5.70 Å². The first-order chi connectivity index (χ1) is 21.0. The van der Waals surface area contributed by atoms with E-state index in [9.17, 15) is 24.3 Å². The lowest BCUT2D eigenvalue weighted by molar-refractivity contribution is -0.115. The SMILES string of the molecule is CC(Sc1cccc(NC(=O)/C(=C\c2cccc(Cl)c2Cl)NC(=O)c2ccccc2)c1)C(=O)Nc1cc(C(=O)O)ccc1Cl. The number of anilines is 2. The number of carbonyl (C=O) groups is 4. The number of hydrogen-bond acceptors (Lipinski definition) is 5. The summed E-state index contributed by atoms with van der Waals surface area (Å²) in [6.07, 6.45) is 1.43. The quantitative estimate of drug-likeness (QED) is 0.101. The van der Waals surface area contributed by atoms with Gasteiger partial charge in [-0.3, -0.25) is 14.4 Å². The fourth-order valence-electron chi connectivity index (χ4n) is 3.82. The monoisotopic (exact) mass is 667 g/mol. The van der Waals surface area contributed by atoms with Gasteiger partial charge < -0.3 is 21.1 Å². The van der Waals surface area contributed by atoms with Gasteiger partial charge in [0.2, 0.25) is 5.91 Å². The molecule has 0 saturated carbocycles. The molecule has 8 nitrogen and oxygen atoms in total. The van der Waals surface area contributed by atoms with E-state index in [1.165, 1.54) is 36.0 Å². The molecule has 1 atom stereocenters. The highest BCUT2D eigenvalue weighted by Crippen LogP contribution is 2.30. The Morgan fingerprint density at radius 3 is 2.25 bits per heavy atom. The first-order valence-corrected chi connectivity index (χ1v) is 15.0. The third kappa shape index (κ3) is 8.64. The van der Waals surface area contributed by atoms with E-state index in [2.05, 4.69) is 16.0 Å². The van der Waals surface area contributed by atoms with Gasteiger partial charge in [-0.2, -0.15) is 0 Å². The van der Waals surface area contributed by atoms with Crippen LogP contribution in [0.5, 0.6) is 0 Å². The Bertz CT molecular complexity index is 1770. The number of carboxylic acids is 1. The Kier molecular flexibility index (Phi) is 11.1. The zero-order valence-electron chi connectivity index (χ0n) is 22.9. The van der Waals surface area contributed by atoms with Gasteiger partial charge in [0.05, 0.1) is 31.6 Å². The van der Waals surface area contributed by atoms with Gasteiger partial charge >= 0.3 is 5.97 Å². The molecule has 12 heteroatoms. The number of nitrogens with one attached hydrogen (secondary N) is 3. The molecule has 4 N–H and O–H groups in total. The maximum Gasteiger partial charge on any atom is 0.335 e. The number of halogens is 3. The second kappa shape index (κ2) is 14.9. The molecule has 0 radical (unpaired) electrons. The number of amides is 3. The van der Waals surface area contributed by atoms with Crippen LogP contribution in [0.1, 0.15) is 33.2 Å². The lowest BCUT2D eigenvalue weighted by Crippen LogP contribution is -2.30. The average molecular weight is 669 g/mol. The third-order valence-corrected chi connectivity index (χ3v) is 8.31. The van der Waals surface area contributed by atoms with E-state index < -0.39 is 28.9 Å². The zero-order chi connectivity index (χ0) is 31.8. The highest BCUT2D eigenvalue weighted by atomic mass is 35.5. The van der Waals surface area contributed by atoms with E-state index in [-0.39, 0.29) is 32.0 Å². The van der Waals surface area contributed by atoms with Crippen molar-refractivity contribution in [2.24, 2.45) is 0 Å². The van der Waals surface area contributed by atoms with Crippen LogP contribution >= 0.6 is 46.6 Å². The van der Waals surface area contributed by atoms with Crippen molar-refractivity contribution in [3.8, 4) is 0 Å². The first-order valence-electron chi connectivity index (χ1n) is 13.0. The maximum atomic E-state index is 13.4. The molecule has 0 fully saturated rings. The van der Waals surface area contributed by atoms with E-state index in [1.807, 2.05) is 0 Å². The second-order valence-corrected chi connectivity index (χ2v) is 11.9. The molecule has 3 amide bonds. The number of hydrogen-bond donors (Lipinski definition) is 4. The van der Waals surface area contributed by atoms with Crippen LogP contribution in [0.3, 0.4) is 0 Å². The summed E-state index contributed by atoms with van der Waals surface area (Å²) in [6.45, 7) is 1.68. The summed E-state index contributed by atoms with van der Waals surface area (Å²) >= 11 is 19.8. The van der Waals surface area contributed by atoms with E-state index >= 15 is 0 Å². The molecule has 0 saturated heterocycles.